The molecule has 3 unspecified atom stereocenters. The summed E-state index contributed by atoms with van der Waals surface area (Å²) in [6, 6.07) is 9.29. The van der Waals surface area contributed by atoms with Crippen molar-refractivity contribution in [3.63, 3.8) is 0 Å². The van der Waals surface area contributed by atoms with Gasteiger partial charge in [0.15, 0.2) is 17.6 Å². The number of pyridine rings is 1. The van der Waals surface area contributed by atoms with Gasteiger partial charge in [-0.1, -0.05) is 64.7 Å². The summed E-state index contributed by atoms with van der Waals surface area (Å²) < 4.78 is 217. The normalized spacial score (nSPS) is 17.6. The van der Waals surface area contributed by atoms with Gasteiger partial charge in [0, 0.05) is 23.5 Å². The molecule has 1 aliphatic rings. The number of para-hydroxylation sites is 1. The zero-order chi connectivity index (χ0) is 42.1. The predicted molar refractivity (Wildman–Crippen MR) is 173 cm³/mol. The average Bonchev–Trinajstić information content (AvgIpc) is 3.36. The summed E-state index contributed by atoms with van der Waals surface area (Å²) in [7, 11) is 0.131. The van der Waals surface area contributed by atoms with E-state index in [1.807, 2.05) is 0 Å². The number of nitrogens with zero attached hydrogens (tertiary/aromatic N) is 3. The van der Waals surface area contributed by atoms with Crippen LogP contribution in [-0.2, 0) is 5.92 Å². The molecule has 3 aromatic rings. The molecule has 4 rings (SSSR count). The first-order chi connectivity index (χ1) is 25.7. The Morgan fingerprint density at radius 2 is 1.38 bits per heavy atom. The Kier molecular flexibility index (Phi) is 13.0. The van der Waals surface area contributed by atoms with Gasteiger partial charge in [-0.25, -0.2) is 15.0 Å². The van der Waals surface area contributed by atoms with Gasteiger partial charge < -0.3 is 9.16 Å². The maximum absolute atomic E-state index is 15.3. The van der Waals surface area contributed by atoms with Crippen molar-refractivity contribution in [2.24, 2.45) is 11.8 Å². The summed E-state index contributed by atoms with van der Waals surface area (Å²) in [6.07, 6.45) is -6.28. The highest BCUT2D eigenvalue weighted by atomic mass is 28.2. The third-order valence-corrected chi connectivity index (χ3v) is 10.0. The Hall–Kier alpha value is -3.78. The fourth-order valence-corrected chi connectivity index (χ4v) is 6.97. The number of ether oxygens (including phenoxy) is 1. The van der Waals surface area contributed by atoms with Crippen LogP contribution in [0.4, 0.5) is 65.9 Å². The molecule has 0 aliphatic carbocycles. The number of benzene rings is 1. The molecule has 0 fully saturated rings. The second-order valence-electron chi connectivity index (χ2n) is 13.6. The van der Waals surface area contributed by atoms with Crippen LogP contribution in [0.1, 0.15) is 65.0 Å². The summed E-state index contributed by atoms with van der Waals surface area (Å²) in [4.78, 5) is 11.7. The van der Waals surface area contributed by atoms with E-state index in [4.69, 9.17) is 4.43 Å². The summed E-state index contributed by atoms with van der Waals surface area (Å²) in [5.74, 6) is -43.4. The van der Waals surface area contributed by atoms with E-state index in [-0.39, 0.29) is 15.6 Å². The Labute approximate surface area is 313 Å². The van der Waals surface area contributed by atoms with Crippen molar-refractivity contribution in [1.29, 1.82) is 0 Å². The Bertz CT molecular complexity index is 1790. The quantitative estimate of drug-likeness (QED) is 0.0725. The zero-order valence-corrected chi connectivity index (χ0v) is 30.6. The van der Waals surface area contributed by atoms with Crippen LogP contribution in [0.5, 0.6) is 11.5 Å². The maximum Gasteiger partial charge on any atom is 0.460 e. The monoisotopic (exact) mass is 841 g/mol. The molecule has 2 aromatic heterocycles. The molecule has 0 bridgehead atoms. The second kappa shape index (κ2) is 16.2. The van der Waals surface area contributed by atoms with Gasteiger partial charge in [0.25, 0.3) is 0 Å². The van der Waals surface area contributed by atoms with Gasteiger partial charge in [0.1, 0.15) is 17.2 Å². The minimum Gasteiger partial charge on any atom is -0.540 e. The van der Waals surface area contributed by atoms with Crippen LogP contribution in [0.2, 0.25) is 6.04 Å². The van der Waals surface area contributed by atoms with Crippen LogP contribution in [0.3, 0.4) is 0 Å². The van der Waals surface area contributed by atoms with Crippen molar-refractivity contribution >= 4 is 9.76 Å². The number of halogens is 15. The van der Waals surface area contributed by atoms with E-state index < -0.39 is 71.4 Å². The summed E-state index contributed by atoms with van der Waals surface area (Å²) in [5.41, 5.74) is -1.00. The standard InChI is InChI=1S/C35H34F15N3O2Si/c1-4-5-8-19(2)15-20(3)13-14-56-55-24-10-7-6-9-22(24)21-17-51-28(52-18-21)23-11-12-25-27(53-23)30(38,39)26(54-25)16-29(36,37)31(40,41)32(42,43)33(44,45)34(46,47)35(48,49)50/h6-7,9-12,17-20,26H,4-5,8,13-16H2,1-3H3. The van der Waals surface area contributed by atoms with Crippen molar-refractivity contribution in [3.8, 4) is 34.1 Å². The molecule has 0 saturated heterocycles. The van der Waals surface area contributed by atoms with E-state index >= 15 is 8.78 Å². The van der Waals surface area contributed by atoms with Crippen LogP contribution < -0.4 is 9.16 Å². The van der Waals surface area contributed by atoms with Gasteiger partial charge in [0.05, 0.1) is 6.42 Å². The molecule has 3 heterocycles. The molecule has 21 heteroatoms. The molecule has 0 N–H and O–H groups in total. The Morgan fingerprint density at radius 3 is 1.98 bits per heavy atom. The van der Waals surface area contributed by atoms with Gasteiger partial charge >= 0.3 is 51.5 Å². The first kappa shape index (κ1) is 44.9. The highest BCUT2D eigenvalue weighted by Gasteiger charge is 2.91. The van der Waals surface area contributed by atoms with Gasteiger partial charge in [-0.3, -0.25) is 0 Å². The highest BCUT2D eigenvalue weighted by molar-refractivity contribution is 6.28. The molecular weight excluding hydrogens is 807 g/mol. The first-order valence-electron chi connectivity index (χ1n) is 17.1. The molecule has 0 amide bonds. The lowest BCUT2D eigenvalue weighted by Gasteiger charge is -2.40. The Morgan fingerprint density at radius 1 is 0.786 bits per heavy atom. The van der Waals surface area contributed by atoms with Crippen molar-refractivity contribution < 1.29 is 75.0 Å². The molecule has 3 atom stereocenters. The van der Waals surface area contributed by atoms with Gasteiger partial charge in [-0.15, -0.1) is 0 Å². The van der Waals surface area contributed by atoms with Crippen molar-refractivity contribution in [2.75, 3.05) is 0 Å². The lowest BCUT2D eigenvalue weighted by Crippen LogP contribution is -2.70. The molecule has 2 radical (unpaired) electrons. The number of aromatic nitrogens is 3. The smallest absolute Gasteiger partial charge is 0.460 e. The third-order valence-electron chi connectivity index (χ3n) is 9.14. The van der Waals surface area contributed by atoms with Crippen LogP contribution in [0.25, 0.3) is 22.6 Å². The van der Waals surface area contributed by atoms with Crippen molar-refractivity contribution in [3.05, 3.63) is 54.5 Å². The number of fused-ring (bicyclic) bond motifs is 1. The van der Waals surface area contributed by atoms with E-state index in [9.17, 15) is 57.1 Å². The van der Waals surface area contributed by atoms with Crippen LogP contribution in [0.15, 0.2) is 48.8 Å². The van der Waals surface area contributed by atoms with E-state index in [1.54, 1.807) is 24.3 Å². The van der Waals surface area contributed by atoms with Gasteiger partial charge in [0.2, 0.25) is 0 Å². The lowest BCUT2D eigenvalue weighted by molar-refractivity contribution is -0.441. The number of rotatable bonds is 18. The SMILES string of the molecule is CCCCC(C)CC(C)CC[Si]Oc1ccccc1-c1cnc(-c2ccc3c(n2)C(F)(F)C(CC(F)(F)C(F)(F)C(F)(F)C(F)(F)C(F)(F)C(F)(F)F)O3)nc1. The Balaban J connectivity index is 1.47. The van der Waals surface area contributed by atoms with Crippen LogP contribution >= 0.6 is 0 Å². The van der Waals surface area contributed by atoms with Crippen LogP contribution in [-0.4, -0.2) is 66.6 Å². The molecule has 310 valence electrons. The van der Waals surface area contributed by atoms with Crippen molar-refractivity contribution in [1.82, 2.24) is 15.0 Å². The topological polar surface area (TPSA) is 57.1 Å². The number of unbranched alkanes of at least 4 members (excludes halogenated alkanes) is 1. The minimum atomic E-state index is -8.17. The molecule has 1 aliphatic heterocycles. The third kappa shape index (κ3) is 8.56. The van der Waals surface area contributed by atoms with Crippen LogP contribution in [0, 0.1) is 11.8 Å². The molecular formula is C35H34F15N3O2Si. The predicted octanol–water partition coefficient (Wildman–Crippen LogP) is 11.8. The lowest BCUT2D eigenvalue weighted by atomic mass is 9.90. The van der Waals surface area contributed by atoms with E-state index in [0.29, 0.717) is 34.8 Å². The summed E-state index contributed by atoms with van der Waals surface area (Å²) in [6.45, 7) is 6.59. The summed E-state index contributed by atoms with van der Waals surface area (Å²) >= 11 is 0. The molecule has 56 heavy (non-hydrogen) atoms. The fourth-order valence-electron chi connectivity index (χ4n) is 5.92. The van der Waals surface area contributed by atoms with E-state index in [2.05, 4.69) is 40.5 Å². The molecule has 1 aromatic carbocycles. The van der Waals surface area contributed by atoms with Gasteiger partial charge in [-0.05, 0) is 42.5 Å². The number of alkyl halides is 15. The second-order valence-corrected chi connectivity index (χ2v) is 14.6. The fraction of sp³-hybridized carbons (Fsp3) is 0.571. The van der Waals surface area contributed by atoms with E-state index in [1.165, 1.54) is 25.2 Å². The molecule has 0 saturated carbocycles. The minimum absolute atomic E-state index is 0.131. The maximum atomic E-state index is 15.3. The van der Waals surface area contributed by atoms with Gasteiger partial charge in [-0.2, -0.15) is 65.9 Å². The summed E-state index contributed by atoms with van der Waals surface area (Å²) in [5, 5.41) is 0. The average molecular weight is 842 g/mol. The highest BCUT2D eigenvalue weighted by Crippen LogP contribution is 2.61. The van der Waals surface area contributed by atoms with E-state index in [0.717, 1.165) is 31.4 Å². The van der Waals surface area contributed by atoms with Crippen molar-refractivity contribution in [2.45, 2.75) is 113 Å². The number of hydrogen-bond donors (Lipinski definition) is 0. The largest absolute Gasteiger partial charge is 0.540 e. The molecule has 5 nitrogen and oxygen atoms in total. The number of hydrogen-bond acceptors (Lipinski definition) is 5. The zero-order valence-electron chi connectivity index (χ0n) is 29.6. The first-order valence-corrected chi connectivity index (χ1v) is 18.2. The molecule has 0 spiro atoms.